The third kappa shape index (κ3) is 5.10. The maximum absolute atomic E-state index is 14.0. The first-order valence-corrected chi connectivity index (χ1v) is 17.7. The Morgan fingerprint density at radius 1 is 1.10 bits per heavy atom. The molecule has 4 aliphatic carbocycles. The van der Waals surface area contributed by atoms with Gasteiger partial charge in [0.15, 0.2) is 11.9 Å². The number of allylic oxidation sites excluding steroid dienone is 1. The second-order valence-corrected chi connectivity index (χ2v) is 15.8. The molecule has 7 rings (SSSR count). The lowest BCUT2D eigenvalue weighted by Gasteiger charge is -2.61. The number of esters is 3. The highest BCUT2D eigenvalue weighted by molar-refractivity contribution is 5.98. The van der Waals surface area contributed by atoms with Gasteiger partial charge < -0.3 is 24.1 Å². The fourth-order valence-corrected chi connectivity index (χ4v) is 10.4. The molecule has 11 atom stereocenters. The van der Waals surface area contributed by atoms with E-state index in [0.29, 0.717) is 24.8 Å². The van der Waals surface area contributed by atoms with Gasteiger partial charge in [-0.15, -0.1) is 0 Å². The van der Waals surface area contributed by atoms with E-state index < -0.39 is 82.0 Å². The van der Waals surface area contributed by atoms with Gasteiger partial charge in [0.05, 0.1) is 17.1 Å². The van der Waals surface area contributed by atoms with Crippen LogP contribution in [0.25, 0.3) is 6.08 Å². The average Bonchev–Trinajstić information content (AvgIpc) is 3.77. The average molecular weight is 725 g/mol. The summed E-state index contributed by atoms with van der Waals surface area (Å²) in [4.78, 5) is 52.4. The second-order valence-electron chi connectivity index (χ2n) is 15.8. The van der Waals surface area contributed by atoms with Crippen LogP contribution in [-0.4, -0.2) is 64.4 Å². The number of rotatable bonds is 6. The molecule has 1 spiro atoms. The van der Waals surface area contributed by atoms with Crippen molar-refractivity contribution in [2.24, 2.45) is 28.6 Å². The fourth-order valence-electron chi connectivity index (χ4n) is 10.4. The third-order valence-electron chi connectivity index (χ3n) is 13.4. The molecule has 9 nitrogen and oxygen atoms in total. The molecule has 0 bridgehead atoms. The highest BCUT2D eigenvalue weighted by Gasteiger charge is 2.83. The first-order valence-electron chi connectivity index (χ1n) is 17.7. The summed E-state index contributed by atoms with van der Waals surface area (Å²) in [7, 11) is 0. The van der Waals surface area contributed by atoms with Crippen LogP contribution in [0.4, 0.5) is 13.2 Å². The van der Waals surface area contributed by atoms with Crippen LogP contribution in [-0.2, 0) is 44.3 Å². The maximum Gasteiger partial charge on any atom is 0.416 e. The lowest BCUT2D eigenvalue weighted by atomic mass is 9.42. The van der Waals surface area contributed by atoms with E-state index in [1.165, 1.54) is 37.3 Å². The first kappa shape index (κ1) is 36.3. The lowest BCUT2D eigenvalue weighted by molar-refractivity contribution is -0.225. The predicted molar refractivity (Wildman–Crippen MR) is 180 cm³/mol. The zero-order valence-corrected chi connectivity index (χ0v) is 29.9. The second kappa shape index (κ2) is 12.0. The summed E-state index contributed by atoms with van der Waals surface area (Å²) in [6.45, 7) is 10.6. The summed E-state index contributed by atoms with van der Waals surface area (Å²) in [5.74, 6) is -3.37. The highest BCUT2D eigenvalue weighted by atomic mass is 19.4. The molecule has 1 aromatic carbocycles. The number of cyclic esters (lactones) is 1. The van der Waals surface area contributed by atoms with E-state index in [9.17, 15) is 37.5 Å². The van der Waals surface area contributed by atoms with Gasteiger partial charge in [0.2, 0.25) is 0 Å². The van der Waals surface area contributed by atoms with Crippen molar-refractivity contribution in [3.8, 4) is 0 Å². The summed E-state index contributed by atoms with van der Waals surface area (Å²) in [5.41, 5.74) is -3.37. The van der Waals surface area contributed by atoms with Crippen LogP contribution in [0.15, 0.2) is 65.3 Å². The van der Waals surface area contributed by atoms with Crippen molar-refractivity contribution in [1.82, 2.24) is 0 Å². The molecule has 2 saturated carbocycles. The first-order chi connectivity index (χ1) is 24.3. The van der Waals surface area contributed by atoms with Gasteiger partial charge in [-0.3, -0.25) is 9.59 Å². The van der Waals surface area contributed by atoms with E-state index in [-0.39, 0.29) is 29.7 Å². The highest BCUT2D eigenvalue weighted by Crippen LogP contribution is 2.74. The summed E-state index contributed by atoms with van der Waals surface area (Å²) in [6.07, 6.45) is 1.04. The van der Waals surface area contributed by atoms with E-state index in [4.69, 9.17) is 18.9 Å². The van der Waals surface area contributed by atoms with E-state index in [1.807, 2.05) is 26.8 Å². The number of hydrogen-bond donors (Lipinski definition) is 1. The van der Waals surface area contributed by atoms with Crippen molar-refractivity contribution in [2.75, 3.05) is 0 Å². The zero-order chi connectivity index (χ0) is 37.8. The van der Waals surface area contributed by atoms with Gasteiger partial charge in [0.1, 0.15) is 23.4 Å². The maximum atomic E-state index is 14.0. The summed E-state index contributed by atoms with van der Waals surface area (Å²) in [6, 6.07) is 4.55. The van der Waals surface area contributed by atoms with Gasteiger partial charge in [-0.1, -0.05) is 37.1 Å². The predicted octanol–water partition coefficient (Wildman–Crippen LogP) is 6.24. The van der Waals surface area contributed by atoms with Gasteiger partial charge in [-0.2, -0.15) is 13.2 Å². The van der Waals surface area contributed by atoms with Gasteiger partial charge in [0.25, 0.3) is 0 Å². The van der Waals surface area contributed by atoms with Crippen LogP contribution in [0.3, 0.4) is 0 Å². The minimum atomic E-state index is -4.54. The van der Waals surface area contributed by atoms with Gasteiger partial charge in [0, 0.05) is 36.3 Å². The van der Waals surface area contributed by atoms with Crippen LogP contribution >= 0.6 is 0 Å². The molecule has 1 N–H and O–H groups in total. The Labute approximate surface area is 299 Å². The van der Waals surface area contributed by atoms with Crippen molar-refractivity contribution in [3.63, 3.8) is 0 Å². The molecule has 6 aliphatic rings. The van der Waals surface area contributed by atoms with E-state index in [2.05, 4.69) is 0 Å². The largest absolute Gasteiger partial charge is 0.458 e. The van der Waals surface area contributed by atoms with Crippen molar-refractivity contribution >= 4 is 29.8 Å². The van der Waals surface area contributed by atoms with Crippen LogP contribution in [0, 0.1) is 28.6 Å². The summed E-state index contributed by atoms with van der Waals surface area (Å²) >= 11 is 0. The Morgan fingerprint density at radius 3 is 2.50 bits per heavy atom. The molecule has 1 aromatic rings. The van der Waals surface area contributed by atoms with E-state index in [0.717, 1.165) is 29.4 Å². The molecule has 3 fully saturated rings. The Morgan fingerprint density at radius 2 is 1.83 bits per heavy atom. The molecule has 0 unspecified atom stereocenters. The monoisotopic (exact) mass is 724 g/mol. The van der Waals surface area contributed by atoms with E-state index in [1.54, 1.807) is 13.8 Å². The van der Waals surface area contributed by atoms with Crippen molar-refractivity contribution < 1.29 is 56.4 Å². The van der Waals surface area contributed by atoms with Gasteiger partial charge in [-0.25, -0.2) is 9.59 Å². The fraction of sp³-hybridized carbons (Fsp3) is 0.550. The van der Waals surface area contributed by atoms with Gasteiger partial charge >= 0.3 is 24.1 Å². The van der Waals surface area contributed by atoms with Crippen molar-refractivity contribution in [2.45, 2.75) is 109 Å². The number of aliphatic hydroxyl groups is 1. The van der Waals surface area contributed by atoms with Gasteiger partial charge in [-0.05, 0) is 93.9 Å². The molecule has 12 heteroatoms. The summed E-state index contributed by atoms with van der Waals surface area (Å²) < 4.78 is 63.6. The van der Waals surface area contributed by atoms with E-state index >= 15 is 0 Å². The number of hydrogen-bond acceptors (Lipinski definition) is 9. The molecule has 2 heterocycles. The minimum absolute atomic E-state index is 0.160. The standard InChI is InChI=1S/C40H43F3O9/c1-20-16-29(50-35(47)21(20)2)22(3)27-18-32(49-23(4)44)38(48)28-19-33-39(52-33)31(12-11-30(45)37(39,6)26(28)14-15-36(27,38)5)51-34(46)13-10-24-8-7-9-25(17-24)40(41,42)43/h7-13,17-18,22,26,28-29,31-33,48H,14-16,19H2,1-6H3/b13-10+/t22-,26-,28+,29+,31-,32-,33+,36+,37-,38-,39+/m0/s1. The Balaban J connectivity index is 1.18. The smallest absolute Gasteiger partial charge is 0.416 e. The number of ketones is 1. The molecule has 52 heavy (non-hydrogen) atoms. The zero-order valence-electron chi connectivity index (χ0n) is 29.9. The molecule has 0 aromatic heterocycles. The molecular formula is C40H43F3O9. The van der Waals surface area contributed by atoms with Crippen LogP contribution in [0.5, 0.6) is 0 Å². The topological polar surface area (TPSA) is 129 Å². The third-order valence-corrected chi connectivity index (χ3v) is 13.4. The SMILES string of the molecule is CC(=O)O[C@H]1C=C([C@H](C)[C@H]2CC(C)=C(C)C(=O)O2)[C@@]2(C)CC[C@H]3[C@@H](C[C@H]4O[C@]45[C@@H](OC(=O)/C=C/c4cccc(C(F)(F)F)c4)C=CC(=O)[C@]35C)[C@]12O. The Kier molecular flexibility index (Phi) is 8.38. The number of halogens is 3. The molecule has 278 valence electrons. The number of carbonyl (C=O) groups excluding carboxylic acids is 4. The summed E-state index contributed by atoms with van der Waals surface area (Å²) in [5, 5.41) is 13.1. The van der Waals surface area contributed by atoms with Crippen LogP contribution < -0.4 is 0 Å². The number of fused-ring (bicyclic) bond motifs is 4. The number of carbonyl (C=O) groups is 4. The minimum Gasteiger partial charge on any atom is -0.458 e. The Hall–Kier alpha value is -4.03. The molecule has 0 amide bonds. The molecular weight excluding hydrogens is 681 g/mol. The Bertz CT molecular complexity index is 1880. The van der Waals surface area contributed by atoms with Crippen LogP contribution in [0.2, 0.25) is 0 Å². The lowest BCUT2D eigenvalue weighted by Crippen LogP contribution is -2.70. The number of epoxide rings is 1. The molecule has 1 saturated heterocycles. The number of ether oxygens (including phenoxy) is 4. The van der Waals surface area contributed by atoms with Crippen LogP contribution in [0.1, 0.15) is 78.4 Å². The normalized spacial score (nSPS) is 39.8. The number of alkyl halides is 3. The number of benzene rings is 1. The molecule has 0 radical (unpaired) electrons. The van der Waals surface area contributed by atoms with Crippen molar-refractivity contribution in [3.05, 3.63) is 76.4 Å². The van der Waals surface area contributed by atoms with Crippen molar-refractivity contribution in [1.29, 1.82) is 0 Å². The quantitative estimate of drug-likeness (QED) is 0.119. The molecule has 2 aliphatic heterocycles.